The first-order chi connectivity index (χ1) is 7.16. The van der Waals surface area contributed by atoms with Crippen LogP contribution in [0.15, 0.2) is 12.7 Å². The molecule has 0 bridgehead atoms. The van der Waals surface area contributed by atoms with E-state index in [0.29, 0.717) is 0 Å². The standard InChI is InChI=1S/C9H17N5O/c1-3-4-12-8(9(10)15)7(2)14-6-11-5-13-14/h5-8,12H,3-4H2,1-2H3,(H2,10,15). The van der Waals surface area contributed by atoms with Gasteiger partial charge in [-0.1, -0.05) is 6.92 Å². The number of nitrogens with two attached hydrogens (primary N) is 1. The average Bonchev–Trinajstić information content (AvgIpc) is 2.70. The second kappa shape index (κ2) is 5.45. The van der Waals surface area contributed by atoms with Crippen LogP contribution in [-0.4, -0.2) is 33.3 Å². The quantitative estimate of drug-likeness (QED) is 0.676. The lowest BCUT2D eigenvalue weighted by Crippen LogP contribution is -2.46. The van der Waals surface area contributed by atoms with Crippen LogP contribution in [0.1, 0.15) is 26.3 Å². The zero-order chi connectivity index (χ0) is 11.3. The number of hydrogen-bond acceptors (Lipinski definition) is 4. The number of hydrogen-bond donors (Lipinski definition) is 2. The summed E-state index contributed by atoms with van der Waals surface area (Å²) in [5.74, 6) is -0.369. The number of nitrogens with one attached hydrogen (secondary N) is 1. The van der Waals surface area contributed by atoms with Crippen molar-refractivity contribution in [1.82, 2.24) is 20.1 Å². The molecule has 1 rings (SSSR count). The predicted octanol–water partition coefficient (Wildman–Crippen LogP) is -0.307. The van der Waals surface area contributed by atoms with Crippen molar-refractivity contribution in [2.24, 2.45) is 5.73 Å². The summed E-state index contributed by atoms with van der Waals surface area (Å²) in [7, 11) is 0. The van der Waals surface area contributed by atoms with E-state index < -0.39 is 6.04 Å². The zero-order valence-corrected chi connectivity index (χ0v) is 9.05. The molecular formula is C9H17N5O. The van der Waals surface area contributed by atoms with Gasteiger partial charge in [-0.2, -0.15) is 5.10 Å². The minimum atomic E-state index is -0.411. The van der Waals surface area contributed by atoms with Crippen molar-refractivity contribution in [3.63, 3.8) is 0 Å². The first-order valence-corrected chi connectivity index (χ1v) is 5.03. The third kappa shape index (κ3) is 3.02. The molecule has 3 N–H and O–H groups in total. The van der Waals surface area contributed by atoms with Crippen LogP contribution in [0.3, 0.4) is 0 Å². The Hall–Kier alpha value is -1.43. The molecule has 0 spiro atoms. The highest BCUT2D eigenvalue weighted by atomic mass is 16.1. The summed E-state index contributed by atoms with van der Waals surface area (Å²) in [6.45, 7) is 4.67. The van der Waals surface area contributed by atoms with Gasteiger partial charge in [0.25, 0.3) is 0 Å². The summed E-state index contributed by atoms with van der Waals surface area (Å²) >= 11 is 0. The van der Waals surface area contributed by atoms with E-state index in [1.807, 2.05) is 13.8 Å². The maximum absolute atomic E-state index is 11.2. The number of nitrogens with zero attached hydrogens (tertiary/aromatic N) is 3. The highest BCUT2D eigenvalue weighted by Crippen LogP contribution is 2.08. The zero-order valence-electron chi connectivity index (χ0n) is 9.05. The van der Waals surface area contributed by atoms with E-state index in [2.05, 4.69) is 15.4 Å². The van der Waals surface area contributed by atoms with Crippen molar-refractivity contribution in [3.8, 4) is 0 Å². The molecular weight excluding hydrogens is 194 g/mol. The lowest BCUT2D eigenvalue weighted by atomic mass is 10.1. The van der Waals surface area contributed by atoms with Gasteiger partial charge in [0.15, 0.2) is 0 Å². The van der Waals surface area contributed by atoms with Crippen molar-refractivity contribution < 1.29 is 4.79 Å². The van der Waals surface area contributed by atoms with Crippen molar-refractivity contribution in [1.29, 1.82) is 0 Å². The monoisotopic (exact) mass is 211 g/mol. The Morgan fingerprint density at radius 2 is 2.40 bits per heavy atom. The van der Waals surface area contributed by atoms with Gasteiger partial charge >= 0.3 is 0 Å². The fourth-order valence-electron chi connectivity index (χ4n) is 1.39. The van der Waals surface area contributed by atoms with Crippen LogP contribution in [0.5, 0.6) is 0 Å². The van der Waals surface area contributed by atoms with Gasteiger partial charge in [-0.3, -0.25) is 4.79 Å². The highest BCUT2D eigenvalue weighted by molar-refractivity contribution is 5.80. The van der Waals surface area contributed by atoms with Gasteiger partial charge in [-0.15, -0.1) is 0 Å². The minimum Gasteiger partial charge on any atom is -0.368 e. The van der Waals surface area contributed by atoms with E-state index in [0.717, 1.165) is 13.0 Å². The molecule has 1 aromatic rings. The van der Waals surface area contributed by atoms with Crippen molar-refractivity contribution in [3.05, 3.63) is 12.7 Å². The summed E-state index contributed by atoms with van der Waals surface area (Å²) in [5.41, 5.74) is 5.32. The molecule has 0 saturated heterocycles. The fourth-order valence-corrected chi connectivity index (χ4v) is 1.39. The molecule has 6 nitrogen and oxygen atoms in total. The predicted molar refractivity (Wildman–Crippen MR) is 56.0 cm³/mol. The largest absolute Gasteiger partial charge is 0.368 e. The molecule has 0 aromatic carbocycles. The van der Waals surface area contributed by atoms with Crippen molar-refractivity contribution in [2.75, 3.05) is 6.54 Å². The maximum atomic E-state index is 11.2. The van der Waals surface area contributed by atoms with Crippen LogP contribution >= 0.6 is 0 Å². The van der Waals surface area contributed by atoms with Gasteiger partial charge in [-0.25, -0.2) is 9.67 Å². The molecule has 1 aromatic heterocycles. The van der Waals surface area contributed by atoms with Gasteiger partial charge < -0.3 is 11.1 Å². The number of amides is 1. The number of rotatable bonds is 6. The van der Waals surface area contributed by atoms with Gasteiger partial charge in [0.1, 0.15) is 18.7 Å². The molecule has 6 heteroatoms. The summed E-state index contributed by atoms with van der Waals surface area (Å²) in [4.78, 5) is 15.1. The molecule has 84 valence electrons. The van der Waals surface area contributed by atoms with E-state index in [9.17, 15) is 4.79 Å². The maximum Gasteiger partial charge on any atom is 0.236 e. The number of aromatic nitrogens is 3. The number of carbonyl (C=O) groups is 1. The third-order valence-corrected chi connectivity index (χ3v) is 2.26. The molecule has 2 atom stereocenters. The van der Waals surface area contributed by atoms with E-state index in [-0.39, 0.29) is 11.9 Å². The topological polar surface area (TPSA) is 85.8 Å². The minimum absolute atomic E-state index is 0.128. The van der Waals surface area contributed by atoms with E-state index >= 15 is 0 Å². The molecule has 0 radical (unpaired) electrons. The lowest BCUT2D eigenvalue weighted by molar-refractivity contribution is -0.121. The number of carbonyl (C=O) groups excluding carboxylic acids is 1. The van der Waals surface area contributed by atoms with Crippen LogP contribution in [0.25, 0.3) is 0 Å². The fraction of sp³-hybridized carbons (Fsp3) is 0.667. The molecule has 0 aliphatic rings. The van der Waals surface area contributed by atoms with Crippen LogP contribution < -0.4 is 11.1 Å². The molecule has 1 heterocycles. The van der Waals surface area contributed by atoms with Crippen molar-refractivity contribution in [2.45, 2.75) is 32.4 Å². The molecule has 1 amide bonds. The van der Waals surface area contributed by atoms with Crippen LogP contribution in [0.2, 0.25) is 0 Å². The van der Waals surface area contributed by atoms with Crippen LogP contribution in [0.4, 0.5) is 0 Å². The average molecular weight is 211 g/mol. The van der Waals surface area contributed by atoms with Gasteiger partial charge in [0.2, 0.25) is 5.91 Å². The summed E-state index contributed by atoms with van der Waals surface area (Å²) in [6, 6.07) is -0.539. The summed E-state index contributed by atoms with van der Waals surface area (Å²) in [5, 5.41) is 7.08. The van der Waals surface area contributed by atoms with Crippen LogP contribution in [0, 0.1) is 0 Å². The Morgan fingerprint density at radius 3 is 2.87 bits per heavy atom. The van der Waals surface area contributed by atoms with Gasteiger partial charge in [0, 0.05) is 0 Å². The highest BCUT2D eigenvalue weighted by Gasteiger charge is 2.23. The first kappa shape index (κ1) is 11.6. The molecule has 15 heavy (non-hydrogen) atoms. The molecule has 0 aliphatic carbocycles. The third-order valence-electron chi connectivity index (χ3n) is 2.26. The molecule has 0 fully saturated rings. The van der Waals surface area contributed by atoms with Gasteiger partial charge in [-0.05, 0) is 19.9 Å². The Labute approximate surface area is 88.9 Å². The lowest BCUT2D eigenvalue weighted by Gasteiger charge is -2.21. The van der Waals surface area contributed by atoms with E-state index in [4.69, 9.17) is 5.73 Å². The van der Waals surface area contributed by atoms with Gasteiger partial charge in [0.05, 0.1) is 6.04 Å². The van der Waals surface area contributed by atoms with Crippen molar-refractivity contribution >= 4 is 5.91 Å². The second-order valence-electron chi connectivity index (χ2n) is 3.45. The SMILES string of the molecule is CCCNC(C(N)=O)C(C)n1cncn1. The van der Waals surface area contributed by atoms with E-state index in [1.165, 1.54) is 6.33 Å². The second-order valence-corrected chi connectivity index (χ2v) is 3.45. The number of primary amides is 1. The smallest absolute Gasteiger partial charge is 0.236 e. The van der Waals surface area contributed by atoms with E-state index in [1.54, 1.807) is 11.0 Å². The molecule has 0 aliphatic heterocycles. The Bertz CT molecular complexity index is 297. The first-order valence-electron chi connectivity index (χ1n) is 5.03. The Balaban J connectivity index is 2.67. The Kier molecular flexibility index (Phi) is 4.23. The summed E-state index contributed by atoms with van der Waals surface area (Å²) < 4.78 is 1.62. The Morgan fingerprint density at radius 1 is 1.67 bits per heavy atom. The van der Waals surface area contributed by atoms with Crippen LogP contribution in [-0.2, 0) is 4.79 Å². The molecule has 0 saturated carbocycles. The normalized spacial score (nSPS) is 14.8. The summed E-state index contributed by atoms with van der Waals surface area (Å²) in [6.07, 6.45) is 3.97. The molecule has 2 unspecified atom stereocenters.